The zero-order valence-corrected chi connectivity index (χ0v) is 13.2. The van der Waals surface area contributed by atoms with E-state index in [-0.39, 0.29) is 12.5 Å². The van der Waals surface area contributed by atoms with E-state index in [4.69, 9.17) is 10.8 Å². The second kappa shape index (κ2) is 8.64. The predicted molar refractivity (Wildman–Crippen MR) is 87.5 cm³/mol. The summed E-state index contributed by atoms with van der Waals surface area (Å²) in [6.07, 6.45) is 0.671. The van der Waals surface area contributed by atoms with Crippen molar-refractivity contribution in [1.82, 2.24) is 0 Å². The first kappa shape index (κ1) is 17.5. The van der Waals surface area contributed by atoms with E-state index < -0.39 is 6.04 Å². The van der Waals surface area contributed by atoms with Crippen LogP contribution in [0.5, 0.6) is 0 Å². The maximum absolute atomic E-state index is 11.9. The monoisotopic (exact) mass is 293 g/mol. The molecule has 4 N–H and O–H groups in total. The van der Waals surface area contributed by atoms with Gasteiger partial charge in [0.15, 0.2) is 0 Å². The van der Waals surface area contributed by atoms with Crippen LogP contribution in [0.1, 0.15) is 27.2 Å². The number of carbonyl (C=O) groups excluding carboxylic acids is 1. The van der Waals surface area contributed by atoms with Crippen molar-refractivity contribution >= 4 is 17.3 Å². The summed E-state index contributed by atoms with van der Waals surface area (Å²) in [6.45, 7) is 7.67. The maximum Gasteiger partial charge on any atom is 0.241 e. The van der Waals surface area contributed by atoms with Crippen LogP contribution in [-0.2, 0) is 4.79 Å². The van der Waals surface area contributed by atoms with Gasteiger partial charge >= 0.3 is 0 Å². The number of nitrogens with one attached hydrogen (secondary N) is 1. The smallest absolute Gasteiger partial charge is 0.241 e. The molecule has 1 aromatic carbocycles. The topological polar surface area (TPSA) is 78.6 Å². The molecule has 1 amide bonds. The minimum absolute atomic E-state index is 0.121. The normalized spacial score (nSPS) is 12.3. The number of benzene rings is 1. The Hall–Kier alpha value is -1.59. The molecule has 1 rings (SSSR count). The summed E-state index contributed by atoms with van der Waals surface area (Å²) in [4.78, 5) is 14.0. The number of hydrogen-bond donors (Lipinski definition) is 3. The van der Waals surface area contributed by atoms with Crippen molar-refractivity contribution in [3.05, 3.63) is 24.3 Å². The lowest BCUT2D eigenvalue weighted by Crippen LogP contribution is -2.36. The second-order valence-electron chi connectivity index (χ2n) is 5.58. The van der Waals surface area contributed by atoms with Crippen LogP contribution >= 0.6 is 0 Å². The Morgan fingerprint density at radius 2 is 1.95 bits per heavy atom. The van der Waals surface area contributed by atoms with Crippen molar-refractivity contribution in [2.24, 2.45) is 11.7 Å². The van der Waals surface area contributed by atoms with E-state index in [0.717, 1.165) is 17.9 Å². The van der Waals surface area contributed by atoms with Crippen molar-refractivity contribution < 1.29 is 9.90 Å². The second-order valence-corrected chi connectivity index (χ2v) is 5.58. The van der Waals surface area contributed by atoms with E-state index in [1.807, 2.05) is 45.0 Å². The number of amides is 1. The summed E-state index contributed by atoms with van der Waals surface area (Å²) < 4.78 is 0. The molecule has 0 aliphatic rings. The van der Waals surface area contributed by atoms with Gasteiger partial charge in [-0.2, -0.15) is 0 Å². The standard InChI is InChI=1S/C16H27N3O2/c1-4-19(9-10-20)14-7-5-13(6-8-14)18-16(21)15(17)11-12(2)3/h5-8,12,15,20H,4,9-11,17H2,1-3H3,(H,18,21)/t15-/m0/s1. The van der Waals surface area contributed by atoms with Crippen LogP contribution in [-0.4, -0.2) is 36.8 Å². The van der Waals surface area contributed by atoms with E-state index in [0.29, 0.717) is 18.9 Å². The van der Waals surface area contributed by atoms with E-state index in [2.05, 4.69) is 10.2 Å². The van der Waals surface area contributed by atoms with Gasteiger partial charge in [-0.05, 0) is 43.5 Å². The Labute approximate surface area is 127 Å². The highest BCUT2D eigenvalue weighted by Gasteiger charge is 2.15. The predicted octanol–water partition coefficient (Wildman–Crippen LogP) is 1.82. The summed E-state index contributed by atoms with van der Waals surface area (Å²) in [5.41, 5.74) is 7.62. The first-order valence-corrected chi connectivity index (χ1v) is 7.50. The molecule has 0 spiro atoms. The summed E-state index contributed by atoms with van der Waals surface area (Å²) in [5.74, 6) is 0.240. The fourth-order valence-electron chi connectivity index (χ4n) is 2.20. The molecule has 0 aromatic heterocycles. The van der Waals surface area contributed by atoms with Gasteiger partial charge in [0, 0.05) is 24.5 Å². The lowest BCUT2D eigenvalue weighted by molar-refractivity contribution is -0.117. The molecular formula is C16H27N3O2. The molecule has 0 bridgehead atoms. The van der Waals surface area contributed by atoms with Gasteiger partial charge in [-0.1, -0.05) is 13.8 Å². The number of aliphatic hydroxyl groups excluding tert-OH is 1. The maximum atomic E-state index is 11.9. The third kappa shape index (κ3) is 5.73. The van der Waals surface area contributed by atoms with Crippen LogP contribution in [0.2, 0.25) is 0 Å². The van der Waals surface area contributed by atoms with Gasteiger partial charge in [-0.3, -0.25) is 4.79 Å². The van der Waals surface area contributed by atoms with Crippen LogP contribution in [0.3, 0.4) is 0 Å². The van der Waals surface area contributed by atoms with E-state index >= 15 is 0 Å². The quantitative estimate of drug-likeness (QED) is 0.683. The highest BCUT2D eigenvalue weighted by molar-refractivity contribution is 5.94. The van der Waals surface area contributed by atoms with Gasteiger partial charge in [-0.25, -0.2) is 0 Å². The summed E-state index contributed by atoms with van der Waals surface area (Å²) >= 11 is 0. The largest absolute Gasteiger partial charge is 0.395 e. The lowest BCUT2D eigenvalue weighted by Gasteiger charge is -2.22. The zero-order valence-electron chi connectivity index (χ0n) is 13.2. The van der Waals surface area contributed by atoms with Crippen molar-refractivity contribution in [3.63, 3.8) is 0 Å². The molecule has 0 aliphatic heterocycles. The Bertz CT molecular complexity index is 432. The molecule has 5 nitrogen and oxygen atoms in total. The number of likely N-dealkylation sites (N-methyl/N-ethyl adjacent to an activating group) is 1. The molecule has 0 heterocycles. The molecular weight excluding hydrogens is 266 g/mol. The summed E-state index contributed by atoms with van der Waals surface area (Å²) in [7, 11) is 0. The van der Waals surface area contributed by atoms with Crippen LogP contribution < -0.4 is 16.0 Å². The minimum atomic E-state index is -0.480. The molecule has 0 saturated heterocycles. The Balaban J connectivity index is 2.63. The highest BCUT2D eigenvalue weighted by atomic mass is 16.3. The van der Waals surface area contributed by atoms with Crippen molar-refractivity contribution in [1.29, 1.82) is 0 Å². The molecule has 0 fully saturated rings. The average molecular weight is 293 g/mol. The fourth-order valence-corrected chi connectivity index (χ4v) is 2.20. The zero-order chi connectivity index (χ0) is 15.8. The van der Waals surface area contributed by atoms with E-state index in [9.17, 15) is 4.79 Å². The molecule has 21 heavy (non-hydrogen) atoms. The van der Waals surface area contributed by atoms with Gasteiger partial charge in [0.1, 0.15) is 0 Å². The number of hydrogen-bond acceptors (Lipinski definition) is 4. The van der Waals surface area contributed by atoms with E-state index in [1.54, 1.807) is 0 Å². The van der Waals surface area contributed by atoms with Crippen LogP contribution in [0.25, 0.3) is 0 Å². The summed E-state index contributed by atoms with van der Waals surface area (Å²) in [5, 5.41) is 11.9. The number of anilines is 2. The molecule has 5 heteroatoms. The van der Waals surface area contributed by atoms with Crippen LogP contribution in [0.4, 0.5) is 11.4 Å². The van der Waals surface area contributed by atoms with Crippen molar-refractivity contribution in [3.8, 4) is 0 Å². The van der Waals surface area contributed by atoms with E-state index in [1.165, 1.54) is 0 Å². The van der Waals surface area contributed by atoms with Gasteiger partial charge in [0.05, 0.1) is 12.6 Å². The minimum Gasteiger partial charge on any atom is -0.395 e. The molecule has 1 aromatic rings. The molecule has 1 atom stereocenters. The van der Waals surface area contributed by atoms with Crippen molar-refractivity contribution in [2.75, 3.05) is 29.9 Å². The molecule has 118 valence electrons. The van der Waals surface area contributed by atoms with Gasteiger partial charge < -0.3 is 21.1 Å². The number of aliphatic hydroxyl groups is 1. The Morgan fingerprint density at radius 1 is 1.33 bits per heavy atom. The van der Waals surface area contributed by atoms with Gasteiger partial charge in [-0.15, -0.1) is 0 Å². The number of nitrogens with two attached hydrogens (primary N) is 1. The first-order chi connectivity index (χ1) is 9.97. The van der Waals surface area contributed by atoms with Gasteiger partial charge in [0.2, 0.25) is 5.91 Å². The molecule has 0 unspecified atom stereocenters. The average Bonchev–Trinajstić information content (AvgIpc) is 2.45. The Kier molecular flexibility index (Phi) is 7.19. The number of nitrogens with zero attached hydrogens (tertiary/aromatic N) is 1. The molecule has 0 saturated carbocycles. The van der Waals surface area contributed by atoms with Gasteiger partial charge in [0.25, 0.3) is 0 Å². The third-order valence-electron chi connectivity index (χ3n) is 3.31. The SMILES string of the molecule is CCN(CCO)c1ccc(NC(=O)[C@@H](N)CC(C)C)cc1. The lowest BCUT2D eigenvalue weighted by atomic mass is 10.0. The first-order valence-electron chi connectivity index (χ1n) is 7.50. The fraction of sp³-hybridized carbons (Fsp3) is 0.562. The molecule has 0 aliphatic carbocycles. The Morgan fingerprint density at radius 3 is 2.43 bits per heavy atom. The molecule has 0 radical (unpaired) electrons. The number of carbonyl (C=O) groups is 1. The summed E-state index contributed by atoms with van der Waals surface area (Å²) in [6, 6.07) is 7.10. The highest BCUT2D eigenvalue weighted by Crippen LogP contribution is 2.18. The number of rotatable bonds is 8. The van der Waals surface area contributed by atoms with Crippen LogP contribution in [0, 0.1) is 5.92 Å². The van der Waals surface area contributed by atoms with Crippen LogP contribution in [0.15, 0.2) is 24.3 Å². The third-order valence-corrected chi connectivity index (χ3v) is 3.31. The van der Waals surface area contributed by atoms with Crippen molar-refractivity contribution in [2.45, 2.75) is 33.2 Å².